The van der Waals surface area contributed by atoms with Crippen LogP contribution in [0.3, 0.4) is 0 Å². The normalized spacial score (nSPS) is 12.5. The Hall–Kier alpha value is -0.790. The van der Waals surface area contributed by atoms with E-state index in [2.05, 4.69) is 42.7 Å². The second-order valence-corrected chi connectivity index (χ2v) is 9.92. The van der Waals surface area contributed by atoms with Gasteiger partial charge >= 0.3 is 0 Å². The second-order valence-electron chi connectivity index (χ2n) is 9.92. The summed E-state index contributed by atoms with van der Waals surface area (Å²) < 4.78 is 2.43. The van der Waals surface area contributed by atoms with Crippen LogP contribution in [0.25, 0.3) is 0 Å². The molecule has 0 radical (unpaired) electrons. The van der Waals surface area contributed by atoms with Gasteiger partial charge in [0.15, 0.2) is 0 Å². The van der Waals surface area contributed by atoms with Crippen molar-refractivity contribution >= 4 is 0 Å². The van der Waals surface area contributed by atoms with Gasteiger partial charge in [-0.15, -0.1) is 0 Å². The average molecular weight is 434 g/mol. The monoisotopic (exact) mass is 433 g/mol. The highest BCUT2D eigenvalue weighted by atomic mass is 15.1. The van der Waals surface area contributed by atoms with Crippen LogP contribution in [0, 0.1) is 0 Å². The molecule has 1 N–H and O–H groups in total. The average Bonchev–Trinajstić information content (AvgIpc) is 3.26. The molecule has 1 heterocycles. The third-order valence-electron chi connectivity index (χ3n) is 7.08. The van der Waals surface area contributed by atoms with Gasteiger partial charge in [-0.05, 0) is 19.8 Å². The van der Waals surface area contributed by atoms with Gasteiger partial charge in [-0.1, -0.05) is 136 Å². The first-order valence-electron chi connectivity index (χ1n) is 14.4. The van der Waals surface area contributed by atoms with Crippen molar-refractivity contribution in [3.05, 3.63) is 18.2 Å². The summed E-state index contributed by atoms with van der Waals surface area (Å²) in [5.74, 6) is 2.21. The van der Waals surface area contributed by atoms with E-state index in [1.165, 1.54) is 141 Å². The summed E-state index contributed by atoms with van der Waals surface area (Å²) in [5.41, 5.74) is 0. The number of unbranched alkanes of at least 4 members (excludes halogenated alkanes) is 17. The molecule has 0 fully saturated rings. The molecule has 1 aromatic heterocycles. The van der Waals surface area contributed by atoms with Gasteiger partial charge in [-0.2, -0.15) is 0 Å². The predicted octanol–water partition coefficient (Wildman–Crippen LogP) is 9.64. The largest absolute Gasteiger partial charge is 0.257 e. The minimum atomic E-state index is 0.730. The maximum absolute atomic E-state index is 3.57. The Morgan fingerprint density at radius 2 is 0.968 bits per heavy atom. The number of nitrogens with one attached hydrogen (secondary N) is 1. The molecule has 0 amide bonds. The van der Waals surface area contributed by atoms with Crippen molar-refractivity contribution < 1.29 is 4.57 Å². The van der Waals surface area contributed by atoms with Crippen LogP contribution in [0.15, 0.2) is 12.4 Å². The lowest BCUT2D eigenvalue weighted by Crippen LogP contribution is -2.36. The van der Waals surface area contributed by atoms with Crippen LogP contribution in [0.5, 0.6) is 0 Å². The van der Waals surface area contributed by atoms with E-state index in [-0.39, 0.29) is 0 Å². The number of H-pyrrole nitrogens is 1. The lowest BCUT2D eigenvalue weighted by molar-refractivity contribution is -0.701. The number of hydrogen-bond donors (Lipinski definition) is 1. The van der Waals surface area contributed by atoms with Gasteiger partial charge in [0.05, 0.1) is 12.5 Å². The Kier molecular flexibility index (Phi) is 19.2. The number of aryl methyl sites for hydroxylation is 1. The molecule has 1 rings (SSSR count). The molecule has 31 heavy (non-hydrogen) atoms. The fourth-order valence-corrected chi connectivity index (χ4v) is 5.00. The van der Waals surface area contributed by atoms with E-state index >= 15 is 0 Å². The Morgan fingerprint density at radius 1 is 0.581 bits per heavy atom. The Balaban J connectivity index is 2.08. The molecule has 2 nitrogen and oxygen atoms in total. The zero-order valence-corrected chi connectivity index (χ0v) is 21.7. The van der Waals surface area contributed by atoms with Crippen LogP contribution in [-0.2, 0) is 6.54 Å². The lowest BCUT2D eigenvalue weighted by atomic mass is 9.93. The molecular formula is C29H57N2+. The highest BCUT2D eigenvalue weighted by molar-refractivity contribution is 4.90. The number of rotatable bonds is 23. The Labute approximate surface area is 196 Å². The van der Waals surface area contributed by atoms with Crippen LogP contribution in [0.1, 0.15) is 167 Å². The van der Waals surface area contributed by atoms with Crippen LogP contribution in [0.4, 0.5) is 0 Å². The molecule has 0 aliphatic heterocycles. The van der Waals surface area contributed by atoms with Crippen molar-refractivity contribution in [1.29, 1.82) is 0 Å². The van der Waals surface area contributed by atoms with Crippen molar-refractivity contribution in [3.8, 4) is 0 Å². The first kappa shape index (κ1) is 28.2. The summed E-state index contributed by atoms with van der Waals surface area (Å²) in [6.07, 6.45) is 34.3. The molecule has 0 saturated heterocycles. The fraction of sp³-hybridized carbons (Fsp3) is 0.897. The Morgan fingerprint density at radius 3 is 1.35 bits per heavy atom. The van der Waals surface area contributed by atoms with Gasteiger partial charge < -0.3 is 0 Å². The van der Waals surface area contributed by atoms with Crippen molar-refractivity contribution in [2.45, 2.75) is 168 Å². The summed E-state index contributed by atoms with van der Waals surface area (Å²) in [7, 11) is 0. The van der Waals surface area contributed by atoms with Crippen LogP contribution < -0.4 is 4.57 Å². The van der Waals surface area contributed by atoms with Gasteiger partial charge in [0.1, 0.15) is 12.4 Å². The van der Waals surface area contributed by atoms with E-state index in [4.69, 9.17) is 0 Å². The maximum Gasteiger partial charge on any atom is 0.257 e. The second kappa shape index (κ2) is 21.1. The highest BCUT2D eigenvalue weighted by Crippen LogP contribution is 2.26. The van der Waals surface area contributed by atoms with E-state index in [9.17, 15) is 0 Å². The summed E-state index contributed by atoms with van der Waals surface area (Å²) in [6.45, 7) is 7.96. The van der Waals surface area contributed by atoms with Gasteiger partial charge in [0.2, 0.25) is 0 Å². The van der Waals surface area contributed by atoms with Crippen molar-refractivity contribution in [2.75, 3.05) is 0 Å². The number of imidazole rings is 1. The van der Waals surface area contributed by atoms with E-state index in [0.29, 0.717) is 0 Å². The molecule has 2 heteroatoms. The van der Waals surface area contributed by atoms with Gasteiger partial charge in [-0.3, -0.25) is 0 Å². The summed E-state index contributed by atoms with van der Waals surface area (Å²) >= 11 is 0. The van der Waals surface area contributed by atoms with Crippen LogP contribution in [-0.4, -0.2) is 4.98 Å². The van der Waals surface area contributed by atoms with Crippen molar-refractivity contribution in [1.82, 2.24) is 4.98 Å². The smallest absolute Gasteiger partial charge is 0.247 e. The van der Waals surface area contributed by atoms with E-state index in [1.54, 1.807) is 0 Å². The number of aromatic nitrogens is 2. The first-order valence-corrected chi connectivity index (χ1v) is 14.4. The fourth-order valence-electron chi connectivity index (χ4n) is 5.00. The molecule has 1 atom stereocenters. The van der Waals surface area contributed by atoms with E-state index in [0.717, 1.165) is 12.5 Å². The maximum atomic E-state index is 3.57. The standard InChI is InChI=1S/C29H56N2/c1-4-7-9-11-12-13-14-15-16-17-18-19-21-23-25-28(24-22-20-10-8-5-2)29-30-26-27-31(29)6-3/h26-28H,4-25H2,1-3H3/p+1/t28-/m0/s1. The zero-order chi connectivity index (χ0) is 22.4. The molecule has 0 unspecified atom stereocenters. The van der Waals surface area contributed by atoms with Gasteiger partial charge in [0, 0.05) is 0 Å². The zero-order valence-electron chi connectivity index (χ0n) is 21.7. The molecule has 0 aromatic carbocycles. The topological polar surface area (TPSA) is 19.7 Å². The molecule has 0 saturated carbocycles. The molecular weight excluding hydrogens is 376 g/mol. The van der Waals surface area contributed by atoms with Crippen molar-refractivity contribution in [3.63, 3.8) is 0 Å². The van der Waals surface area contributed by atoms with E-state index < -0.39 is 0 Å². The number of nitrogens with zero attached hydrogens (tertiary/aromatic N) is 1. The summed E-state index contributed by atoms with van der Waals surface area (Å²) in [5, 5.41) is 0. The molecule has 0 spiro atoms. The van der Waals surface area contributed by atoms with Crippen molar-refractivity contribution in [2.24, 2.45) is 0 Å². The molecule has 0 bridgehead atoms. The Bertz CT molecular complexity index is 479. The summed E-state index contributed by atoms with van der Waals surface area (Å²) in [4.78, 5) is 3.57. The quantitative estimate of drug-likeness (QED) is 0.131. The highest BCUT2D eigenvalue weighted by Gasteiger charge is 2.21. The molecule has 1 aromatic rings. The third-order valence-corrected chi connectivity index (χ3v) is 7.08. The van der Waals surface area contributed by atoms with Gasteiger partial charge in [0.25, 0.3) is 5.82 Å². The first-order chi connectivity index (χ1) is 15.3. The molecule has 0 aliphatic rings. The van der Waals surface area contributed by atoms with Gasteiger partial charge in [-0.25, -0.2) is 9.55 Å². The third kappa shape index (κ3) is 14.8. The molecule has 182 valence electrons. The lowest BCUT2D eigenvalue weighted by Gasteiger charge is -2.14. The molecule has 0 aliphatic carbocycles. The number of hydrogen-bond acceptors (Lipinski definition) is 0. The SMILES string of the molecule is CCCCCCCCCCCCCCCC[C@H](CCCCCCC)c1[nH]cc[n+]1CC. The minimum absolute atomic E-state index is 0.730. The van der Waals surface area contributed by atoms with E-state index in [1.807, 2.05) is 0 Å². The summed E-state index contributed by atoms with van der Waals surface area (Å²) in [6, 6.07) is 0. The predicted molar refractivity (Wildman–Crippen MR) is 138 cm³/mol. The van der Waals surface area contributed by atoms with Crippen LogP contribution >= 0.6 is 0 Å². The minimum Gasteiger partial charge on any atom is -0.247 e. The van der Waals surface area contributed by atoms with Crippen LogP contribution in [0.2, 0.25) is 0 Å². The number of aromatic amines is 1.